The van der Waals surface area contributed by atoms with E-state index in [4.69, 9.17) is 11.6 Å². The standard InChI is InChI=1S/C14H12ClNO2S/c1-19(17,18)14-9-5-2-6-11(14)10-16-13-8-4-3-7-12(13)15/h2-10H,1H3/b16-10-. The van der Waals surface area contributed by atoms with Crippen LogP contribution in [0.4, 0.5) is 5.69 Å². The first-order valence-corrected chi connectivity index (χ1v) is 7.83. The largest absolute Gasteiger partial charge is 0.255 e. The summed E-state index contributed by atoms with van der Waals surface area (Å²) in [5.41, 5.74) is 1.15. The number of nitrogens with zero attached hydrogens (tertiary/aromatic N) is 1. The van der Waals surface area contributed by atoms with Gasteiger partial charge in [0, 0.05) is 18.0 Å². The van der Waals surface area contributed by atoms with Crippen molar-refractivity contribution >= 4 is 33.3 Å². The molecule has 0 bridgehead atoms. The van der Waals surface area contributed by atoms with Crippen molar-refractivity contribution in [2.75, 3.05) is 6.26 Å². The van der Waals surface area contributed by atoms with E-state index in [0.717, 1.165) is 0 Å². The summed E-state index contributed by atoms with van der Waals surface area (Å²) in [6, 6.07) is 13.8. The molecule has 0 radical (unpaired) electrons. The molecule has 19 heavy (non-hydrogen) atoms. The summed E-state index contributed by atoms with van der Waals surface area (Å²) in [5, 5.41) is 0.524. The molecule has 0 saturated heterocycles. The highest BCUT2D eigenvalue weighted by Crippen LogP contribution is 2.24. The Labute approximate surface area is 117 Å². The fourth-order valence-corrected chi connectivity index (χ4v) is 2.68. The van der Waals surface area contributed by atoms with Gasteiger partial charge in [-0.3, -0.25) is 4.99 Å². The van der Waals surface area contributed by atoms with Crippen LogP contribution >= 0.6 is 11.6 Å². The Morgan fingerprint density at radius 3 is 2.37 bits per heavy atom. The molecule has 0 fully saturated rings. The van der Waals surface area contributed by atoms with E-state index in [9.17, 15) is 8.42 Å². The lowest BCUT2D eigenvalue weighted by Gasteiger charge is -2.03. The summed E-state index contributed by atoms with van der Waals surface area (Å²) in [6.07, 6.45) is 2.69. The quantitative estimate of drug-likeness (QED) is 0.813. The fraction of sp³-hybridized carbons (Fsp3) is 0.0714. The smallest absolute Gasteiger partial charge is 0.176 e. The molecule has 2 aromatic rings. The van der Waals surface area contributed by atoms with E-state index in [2.05, 4.69) is 4.99 Å². The Bertz CT molecular complexity index is 724. The van der Waals surface area contributed by atoms with Crippen molar-refractivity contribution in [3.05, 3.63) is 59.1 Å². The maximum absolute atomic E-state index is 11.6. The molecule has 2 rings (SSSR count). The van der Waals surface area contributed by atoms with E-state index < -0.39 is 9.84 Å². The summed E-state index contributed by atoms with van der Waals surface area (Å²) in [7, 11) is -3.27. The van der Waals surface area contributed by atoms with Crippen LogP contribution < -0.4 is 0 Å². The van der Waals surface area contributed by atoms with Gasteiger partial charge in [0.25, 0.3) is 0 Å². The van der Waals surface area contributed by atoms with Crippen LogP contribution in [-0.4, -0.2) is 20.9 Å². The first kappa shape index (κ1) is 13.8. The van der Waals surface area contributed by atoms with E-state index in [-0.39, 0.29) is 4.90 Å². The van der Waals surface area contributed by atoms with Gasteiger partial charge in [0.15, 0.2) is 9.84 Å². The maximum atomic E-state index is 11.6. The monoisotopic (exact) mass is 293 g/mol. The molecule has 2 aromatic carbocycles. The molecular formula is C14H12ClNO2S. The maximum Gasteiger partial charge on any atom is 0.176 e. The molecule has 0 N–H and O–H groups in total. The first-order chi connectivity index (χ1) is 8.98. The van der Waals surface area contributed by atoms with Crippen LogP contribution in [-0.2, 0) is 9.84 Å². The third-order valence-electron chi connectivity index (χ3n) is 2.51. The lowest BCUT2D eigenvalue weighted by Crippen LogP contribution is -2.01. The number of para-hydroxylation sites is 1. The molecule has 5 heteroatoms. The minimum absolute atomic E-state index is 0.255. The first-order valence-electron chi connectivity index (χ1n) is 5.56. The third-order valence-corrected chi connectivity index (χ3v) is 4.00. The van der Waals surface area contributed by atoms with Crippen molar-refractivity contribution in [2.45, 2.75) is 4.90 Å². The van der Waals surface area contributed by atoms with Crippen molar-refractivity contribution < 1.29 is 8.42 Å². The molecule has 98 valence electrons. The normalized spacial score (nSPS) is 11.9. The van der Waals surface area contributed by atoms with Crippen molar-refractivity contribution in [3.8, 4) is 0 Å². The van der Waals surface area contributed by atoms with Crippen LogP contribution in [0.5, 0.6) is 0 Å². The minimum Gasteiger partial charge on any atom is -0.255 e. The van der Waals surface area contributed by atoms with Crippen molar-refractivity contribution in [1.82, 2.24) is 0 Å². The molecular weight excluding hydrogens is 282 g/mol. The van der Waals surface area contributed by atoms with E-state index in [1.165, 1.54) is 12.5 Å². The molecule has 0 aliphatic heterocycles. The Balaban J connectivity index is 2.43. The Kier molecular flexibility index (Phi) is 4.02. The van der Waals surface area contributed by atoms with E-state index in [1.807, 2.05) is 12.1 Å². The number of benzene rings is 2. The highest BCUT2D eigenvalue weighted by Gasteiger charge is 2.10. The van der Waals surface area contributed by atoms with E-state index >= 15 is 0 Å². The van der Waals surface area contributed by atoms with Gasteiger partial charge < -0.3 is 0 Å². The van der Waals surface area contributed by atoms with Gasteiger partial charge in [-0.05, 0) is 18.2 Å². The lowest BCUT2D eigenvalue weighted by atomic mass is 10.2. The van der Waals surface area contributed by atoms with Gasteiger partial charge in [0.1, 0.15) is 0 Å². The van der Waals surface area contributed by atoms with Crippen LogP contribution in [0.1, 0.15) is 5.56 Å². The summed E-state index contributed by atoms with van der Waals surface area (Å²) in [4.78, 5) is 4.48. The number of hydrogen-bond donors (Lipinski definition) is 0. The number of rotatable bonds is 3. The SMILES string of the molecule is CS(=O)(=O)c1ccccc1/C=N\c1ccccc1Cl. The second-order valence-corrected chi connectivity index (χ2v) is 6.41. The topological polar surface area (TPSA) is 46.5 Å². The highest BCUT2D eigenvalue weighted by atomic mass is 35.5. The highest BCUT2D eigenvalue weighted by molar-refractivity contribution is 7.90. The Hall–Kier alpha value is -1.65. The van der Waals surface area contributed by atoms with Crippen LogP contribution in [0.3, 0.4) is 0 Å². The second-order valence-electron chi connectivity index (χ2n) is 4.02. The Morgan fingerprint density at radius 1 is 1.05 bits per heavy atom. The molecule has 0 aliphatic rings. The van der Waals surface area contributed by atoms with Crippen LogP contribution in [0.25, 0.3) is 0 Å². The van der Waals surface area contributed by atoms with Crippen molar-refractivity contribution in [1.29, 1.82) is 0 Å². The molecule has 3 nitrogen and oxygen atoms in total. The predicted octanol–water partition coefficient (Wildman–Crippen LogP) is 3.49. The molecule has 0 aliphatic carbocycles. The zero-order valence-corrected chi connectivity index (χ0v) is 11.8. The number of sulfone groups is 1. The van der Waals surface area contributed by atoms with Gasteiger partial charge in [0.05, 0.1) is 15.6 Å². The molecule has 0 aromatic heterocycles. The Morgan fingerprint density at radius 2 is 1.68 bits per heavy atom. The lowest BCUT2D eigenvalue weighted by molar-refractivity contribution is 0.602. The number of aliphatic imine (C=N–C) groups is 1. The summed E-state index contributed by atoms with van der Waals surface area (Å²) in [5.74, 6) is 0. The zero-order valence-electron chi connectivity index (χ0n) is 10.2. The number of halogens is 1. The van der Waals surface area contributed by atoms with Gasteiger partial charge in [-0.1, -0.05) is 41.9 Å². The van der Waals surface area contributed by atoms with Gasteiger partial charge in [0.2, 0.25) is 0 Å². The van der Waals surface area contributed by atoms with Gasteiger partial charge >= 0.3 is 0 Å². The fourth-order valence-electron chi connectivity index (χ4n) is 1.62. The molecule has 0 heterocycles. The van der Waals surface area contributed by atoms with Gasteiger partial charge in [-0.2, -0.15) is 0 Å². The summed E-state index contributed by atoms with van der Waals surface area (Å²) in [6.45, 7) is 0. The van der Waals surface area contributed by atoms with E-state index in [1.54, 1.807) is 36.4 Å². The molecule has 0 atom stereocenters. The predicted molar refractivity (Wildman–Crippen MR) is 78.3 cm³/mol. The molecule has 0 spiro atoms. The average molecular weight is 294 g/mol. The molecule has 0 unspecified atom stereocenters. The second kappa shape index (κ2) is 5.55. The van der Waals surface area contributed by atoms with E-state index in [0.29, 0.717) is 16.3 Å². The third kappa shape index (κ3) is 3.43. The molecule has 0 amide bonds. The van der Waals surface area contributed by atoms with Crippen molar-refractivity contribution in [3.63, 3.8) is 0 Å². The molecule has 0 saturated carbocycles. The van der Waals surface area contributed by atoms with Gasteiger partial charge in [-0.25, -0.2) is 8.42 Å². The average Bonchev–Trinajstić information content (AvgIpc) is 2.37. The number of hydrogen-bond acceptors (Lipinski definition) is 3. The zero-order chi connectivity index (χ0) is 13.9. The summed E-state index contributed by atoms with van der Waals surface area (Å²) >= 11 is 5.99. The van der Waals surface area contributed by atoms with Crippen LogP contribution in [0.2, 0.25) is 5.02 Å². The van der Waals surface area contributed by atoms with Crippen LogP contribution in [0, 0.1) is 0 Å². The van der Waals surface area contributed by atoms with Gasteiger partial charge in [-0.15, -0.1) is 0 Å². The van der Waals surface area contributed by atoms with Crippen LogP contribution in [0.15, 0.2) is 58.4 Å². The van der Waals surface area contributed by atoms with Crippen molar-refractivity contribution in [2.24, 2.45) is 4.99 Å². The minimum atomic E-state index is -3.27. The summed E-state index contributed by atoms with van der Waals surface area (Å²) < 4.78 is 23.3.